The predicted octanol–water partition coefficient (Wildman–Crippen LogP) is 3.47. The summed E-state index contributed by atoms with van der Waals surface area (Å²) in [5.74, 6) is 2.18. The van der Waals surface area contributed by atoms with E-state index in [1.54, 1.807) is 26.4 Å². The van der Waals surface area contributed by atoms with Gasteiger partial charge in [0.2, 0.25) is 5.91 Å². The van der Waals surface area contributed by atoms with Gasteiger partial charge in [0, 0.05) is 17.7 Å². The fourth-order valence-corrected chi connectivity index (χ4v) is 2.50. The molecule has 2 rings (SSSR count). The predicted molar refractivity (Wildman–Crippen MR) is 79.3 cm³/mol. The number of nitrogens with one attached hydrogen (secondary N) is 1. The smallest absolute Gasteiger partial charge is 0.227 e. The van der Waals surface area contributed by atoms with Gasteiger partial charge in [0.05, 0.1) is 14.2 Å². The Morgan fingerprint density at radius 1 is 1.30 bits per heavy atom. The van der Waals surface area contributed by atoms with Crippen LogP contribution in [0.25, 0.3) is 0 Å². The fourth-order valence-electron chi connectivity index (χ4n) is 2.50. The van der Waals surface area contributed by atoms with Crippen molar-refractivity contribution in [1.29, 1.82) is 0 Å². The Labute approximate surface area is 120 Å². The van der Waals surface area contributed by atoms with Crippen LogP contribution in [0.3, 0.4) is 0 Å². The van der Waals surface area contributed by atoms with Gasteiger partial charge in [-0.2, -0.15) is 0 Å². The second-order valence-corrected chi connectivity index (χ2v) is 5.30. The number of benzene rings is 1. The van der Waals surface area contributed by atoms with Crippen LogP contribution in [0, 0.1) is 11.8 Å². The highest BCUT2D eigenvalue weighted by Gasteiger charge is 2.42. The highest BCUT2D eigenvalue weighted by Crippen LogP contribution is 2.43. The summed E-state index contributed by atoms with van der Waals surface area (Å²) in [6.45, 7) is 2.18. The number of hydrogen-bond donors (Lipinski definition) is 1. The van der Waals surface area contributed by atoms with E-state index < -0.39 is 0 Å². The first-order valence-electron chi connectivity index (χ1n) is 7.22. The zero-order valence-corrected chi connectivity index (χ0v) is 12.4. The molecule has 1 aliphatic rings. The molecule has 1 aliphatic carbocycles. The van der Waals surface area contributed by atoms with E-state index in [1.165, 1.54) is 19.3 Å². The number of anilines is 1. The summed E-state index contributed by atoms with van der Waals surface area (Å²) >= 11 is 0. The van der Waals surface area contributed by atoms with E-state index in [9.17, 15) is 4.79 Å². The monoisotopic (exact) mass is 277 g/mol. The van der Waals surface area contributed by atoms with Gasteiger partial charge in [-0.15, -0.1) is 0 Å². The summed E-state index contributed by atoms with van der Waals surface area (Å²) < 4.78 is 10.4. The maximum absolute atomic E-state index is 12.1. The van der Waals surface area contributed by atoms with Gasteiger partial charge in [0.15, 0.2) is 11.5 Å². The van der Waals surface area contributed by atoms with Gasteiger partial charge in [-0.1, -0.05) is 19.8 Å². The molecule has 110 valence electrons. The first-order chi connectivity index (χ1) is 9.69. The van der Waals surface area contributed by atoms with E-state index in [2.05, 4.69) is 12.2 Å². The molecule has 0 radical (unpaired) electrons. The van der Waals surface area contributed by atoms with Crippen molar-refractivity contribution in [2.24, 2.45) is 11.8 Å². The van der Waals surface area contributed by atoms with E-state index in [4.69, 9.17) is 9.47 Å². The van der Waals surface area contributed by atoms with Crippen LogP contribution in [-0.4, -0.2) is 20.1 Å². The molecule has 0 spiro atoms. The largest absolute Gasteiger partial charge is 0.493 e. The van der Waals surface area contributed by atoms with Crippen molar-refractivity contribution in [3.8, 4) is 11.5 Å². The summed E-state index contributed by atoms with van der Waals surface area (Å²) in [6.07, 6.45) is 4.60. The zero-order chi connectivity index (χ0) is 14.5. The molecule has 1 saturated carbocycles. The van der Waals surface area contributed by atoms with E-state index in [0.29, 0.717) is 17.4 Å². The number of unbranched alkanes of at least 4 members (excludes halogenated alkanes) is 1. The highest BCUT2D eigenvalue weighted by atomic mass is 16.5. The fraction of sp³-hybridized carbons (Fsp3) is 0.562. The number of amides is 1. The molecule has 4 nitrogen and oxygen atoms in total. The van der Waals surface area contributed by atoms with Crippen molar-refractivity contribution >= 4 is 11.6 Å². The molecule has 0 aromatic heterocycles. The molecule has 2 atom stereocenters. The molecule has 1 aromatic rings. The van der Waals surface area contributed by atoms with Crippen LogP contribution in [0.2, 0.25) is 0 Å². The molecular weight excluding hydrogens is 254 g/mol. The van der Waals surface area contributed by atoms with E-state index in [0.717, 1.165) is 12.1 Å². The molecule has 4 heteroatoms. The number of carbonyl (C=O) groups excluding carboxylic acids is 1. The Morgan fingerprint density at radius 3 is 2.70 bits per heavy atom. The lowest BCUT2D eigenvalue weighted by molar-refractivity contribution is -0.117. The van der Waals surface area contributed by atoms with Crippen LogP contribution < -0.4 is 14.8 Å². The normalized spacial score (nSPS) is 20.4. The Bertz CT molecular complexity index is 473. The van der Waals surface area contributed by atoms with Crippen LogP contribution in [0.1, 0.15) is 32.6 Å². The van der Waals surface area contributed by atoms with Crippen molar-refractivity contribution in [2.45, 2.75) is 32.6 Å². The zero-order valence-electron chi connectivity index (χ0n) is 12.4. The summed E-state index contributed by atoms with van der Waals surface area (Å²) in [5, 5.41) is 2.96. The van der Waals surface area contributed by atoms with Crippen molar-refractivity contribution in [3.63, 3.8) is 0 Å². The summed E-state index contributed by atoms with van der Waals surface area (Å²) in [7, 11) is 3.18. The minimum absolute atomic E-state index is 0.123. The second-order valence-electron chi connectivity index (χ2n) is 5.30. The molecule has 1 fully saturated rings. The van der Waals surface area contributed by atoms with Gasteiger partial charge in [0.1, 0.15) is 0 Å². The van der Waals surface area contributed by atoms with E-state index >= 15 is 0 Å². The third-order valence-electron chi connectivity index (χ3n) is 3.84. The molecule has 0 bridgehead atoms. The topological polar surface area (TPSA) is 47.6 Å². The third-order valence-corrected chi connectivity index (χ3v) is 3.84. The molecule has 0 heterocycles. The molecule has 0 unspecified atom stereocenters. The Balaban J connectivity index is 1.92. The van der Waals surface area contributed by atoms with Gasteiger partial charge in [-0.25, -0.2) is 0 Å². The van der Waals surface area contributed by atoms with E-state index in [-0.39, 0.29) is 11.8 Å². The molecule has 20 heavy (non-hydrogen) atoms. The molecular formula is C16H23NO3. The summed E-state index contributed by atoms with van der Waals surface area (Å²) in [5.41, 5.74) is 0.758. The van der Waals surface area contributed by atoms with Crippen LogP contribution in [-0.2, 0) is 4.79 Å². The van der Waals surface area contributed by atoms with Gasteiger partial charge in [-0.3, -0.25) is 4.79 Å². The maximum Gasteiger partial charge on any atom is 0.227 e. The number of methoxy groups -OCH3 is 2. The standard InChI is InChI=1S/C16H23NO3/c1-4-5-6-11-9-13(11)16(18)17-12-7-8-14(19-2)15(10-12)20-3/h7-8,10-11,13H,4-6,9H2,1-3H3,(H,17,18)/t11-,13+/m1/s1. The number of rotatable bonds is 7. The molecule has 0 saturated heterocycles. The van der Waals surface area contributed by atoms with Crippen LogP contribution in [0.15, 0.2) is 18.2 Å². The first-order valence-corrected chi connectivity index (χ1v) is 7.22. The van der Waals surface area contributed by atoms with Crippen LogP contribution in [0.5, 0.6) is 11.5 Å². The first kappa shape index (κ1) is 14.7. The summed E-state index contributed by atoms with van der Waals surface area (Å²) in [6, 6.07) is 5.43. The van der Waals surface area contributed by atoms with Crippen LogP contribution in [0.4, 0.5) is 5.69 Å². The lowest BCUT2D eigenvalue weighted by atomic mass is 10.1. The molecule has 1 amide bonds. The van der Waals surface area contributed by atoms with Crippen molar-refractivity contribution in [2.75, 3.05) is 19.5 Å². The Hall–Kier alpha value is -1.71. The quantitative estimate of drug-likeness (QED) is 0.830. The number of hydrogen-bond acceptors (Lipinski definition) is 3. The number of carbonyl (C=O) groups is 1. The van der Waals surface area contributed by atoms with Gasteiger partial charge in [0.25, 0.3) is 0 Å². The average molecular weight is 277 g/mol. The molecule has 1 aromatic carbocycles. The Morgan fingerprint density at radius 2 is 2.05 bits per heavy atom. The third kappa shape index (κ3) is 3.44. The molecule has 1 N–H and O–H groups in total. The SMILES string of the molecule is CCCC[C@@H]1C[C@@H]1C(=O)Nc1ccc(OC)c(OC)c1. The van der Waals surface area contributed by atoms with Crippen molar-refractivity contribution in [3.05, 3.63) is 18.2 Å². The lowest BCUT2D eigenvalue weighted by Crippen LogP contribution is -2.14. The van der Waals surface area contributed by atoms with Gasteiger partial charge in [-0.05, 0) is 30.9 Å². The average Bonchev–Trinajstić information content (AvgIpc) is 3.24. The summed E-state index contributed by atoms with van der Waals surface area (Å²) in [4.78, 5) is 12.1. The second kappa shape index (κ2) is 6.64. The minimum Gasteiger partial charge on any atom is -0.493 e. The highest BCUT2D eigenvalue weighted by molar-refractivity contribution is 5.94. The Kier molecular flexibility index (Phi) is 4.88. The van der Waals surface area contributed by atoms with Gasteiger partial charge >= 0.3 is 0 Å². The van der Waals surface area contributed by atoms with Gasteiger partial charge < -0.3 is 14.8 Å². The minimum atomic E-state index is 0.123. The van der Waals surface area contributed by atoms with Crippen molar-refractivity contribution < 1.29 is 14.3 Å². The number of ether oxygens (including phenoxy) is 2. The lowest BCUT2D eigenvalue weighted by Gasteiger charge is -2.10. The molecule has 0 aliphatic heterocycles. The maximum atomic E-state index is 12.1. The van der Waals surface area contributed by atoms with Crippen molar-refractivity contribution in [1.82, 2.24) is 0 Å². The van der Waals surface area contributed by atoms with E-state index in [1.807, 2.05) is 6.07 Å². The van der Waals surface area contributed by atoms with Crippen LogP contribution >= 0.6 is 0 Å².